The van der Waals surface area contributed by atoms with Gasteiger partial charge in [0.1, 0.15) is 5.82 Å². The Morgan fingerprint density at radius 2 is 2.12 bits per heavy atom. The van der Waals surface area contributed by atoms with Crippen molar-refractivity contribution in [3.8, 4) is 0 Å². The average molecular weight is 254 g/mol. The normalized spacial score (nSPS) is 16.4. The predicted octanol–water partition coefficient (Wildman–Crippen LogP) is 2.96. The van der Waals surface area contributed by atoms with E-state index in [1.807, 2.05) is 12.1 Å². The first-order valence-electron chi connectivity index (χ1n) is 6.38. The Hall–Kier alpha value is -0.800. The summed E-state index contributed by atoms with van der Waals surface area (Å²) in [5.41, 5.74) is 6.44. The highest BCUT2D eigenvalue weighted by Gasteiger charge is 2.22. The van der Waals surface area contributed by atoms with E-state index in [0.717, 1.165) is 18.1 Å². The lowest BCUT2D eigenvalue weighted by molar-refractivity contribution is 0.612. The molecule has 2 rings (SSSR count). The van der Waals surface area contributed by atoms with Crippen LogP contribution < -0.4 is 10.6 Å². The van der Waals surface area contributed by atoms with Gasteiger partial charge in [0.2, 0.25) is 0 Å². The van der Waals surface area contributed by atoms with Crippen molar-refractivity contribution < 1.29 is 0 Å². The molecule has 1 fully saturated rings. The molecule has 0 atom stereocenters. The van der Waals surface area contributed by atoms with Gasteiger partial charge in [0.05, 0.1) is 10.7 Å². The van der Waals surface area contributed by atoms with Gasteiger partial charge >= 0.3 is 0 Å². The number of hydrogen-bond donors (Lipinski definition) is 1. The van der Waals surface area contributed by atoms with Crippen LogP contribution in [0.3, 0.4) is 0 Å². The lowest BCUT2D eigenvalue weighted by Gasteiger charge is -2.29. The summed E-state index contributed by atoms with van der Waals surface area (Å²) in [5.74, 6) is 1.02. The second kappa shape index (κ2) is 5.69. The first kappa shape index (κ1) is 12.7. The van der Waals surface area contributed by atoms with Crippen LogP contribution in [-0.2, 0) is 6.54 Å². The molecule has 1 aromatic rings. The minimum atomic E-state index is 0.398. The quantitative estimate of drug-likeness (QED) is 0.897. The maximum Gasteiger partial charge on any atom is 0.129 e. The van der Waals surface area contributed by atoms with Gasteiger partial charge in [-0.1, -0.05) is 24.4 Å². The summed E-state index contributed by atoms with van der Waals surface area (Å²) in [6.07, 6.45) is 5.21. The molecule has 0 amide bonds. The molecule has 0 spiro atoms. The summed E-state index contributed by atoms with van der Waals surface area (Å²) in [5, 5.41) is 0.665. The molecule has 17 heavy (non-hydrogen) atoms. The molecule has 94 valence electrons. The molecule has 0 unspecified atom stereocenters. The Balaban J connectivity index is 2.23. The molecule has 1 aliphatic carbocycles. The minimum absolute atomic E-state index is 0.398. The van der Waals surface area contributed by atoms with Gasteiger partial charge in [0, 0.05) is 19.1 Å². The zero-order chi connectivity index (χ0) is 12.3. The number of nitrogens with two attached hydrogens (primary N) is 1. The molecule has 1 aliphatic rings. The Morgan fingerprint density at radius 3 is 2.71 bits per heavy atom. The molecule has 0 radical (unpaired) electrons. The number of hydrogen-bond acceptors (Lipinski definition) is 3. The van der Waals surface area contributed by atoms with Crippen LogP contribution in [0.2, 0.25) is 5.02 Å². The number of nitrogens with zero attached hydrogens (tertiary/aromatic N) is 2. The van der Waals surface area contributed by atoms with Gasteiger partial charge < -0.3 is 10.6 Å². The van der Waals surface area contributed by atoms with Gasteiger partial charge in [-0.2, -0.15) is 0 Å². The van der Waals surface area contributed by atoms with Gasteiger partial charge in [-0.3, -0.25) is 0 Å². The van der Waals surface area contributed by atoms with Crippen molar-refractivity contribution in [1.82, 2.24) is 4.98 Å². The van der Waals surface area contributed by atoms with Gasteiger partial charge in [-0.05, 0) is 31.9 Å². The van der Waals surface area contributed by atoms with Crippen LogP contribution in [0, 0.1) is 0 Å². The van der Waals surface area contributed by atoms with E-state index in [0.29, 0.717) is 17.6 Å². The molecule has 0 bridgehead atoms. The van der Waals surface area contributed by atoms with Crippen LogP contribution in [0.25, 0.3) is 0 Å². The molecule has 0 saturated heterocycles. The fourth-order valence-corrected chi connectivity index (χ4v) is 2.78. The van der Waals surface area contributed by atoms with E-state index in [1.165, 1.54) is 25.7 Å². The van der Waals surface area contributed by atoms with E-state index in [9.17, 15) is 0 Å². The summed E-state index contributed by atoms with van der Waals surface area (Å²) in [6.45, 7) is 3.56. The standard InChI is InChI=1S/C13H20ClN3/c1-2-17(10-5-3-4-6-10)13-8-7-11(14)12(9-15)16-13/h7-8,10H,2-6,9,15H2,1H3. The Morgan fingerprint density at radius 1 is 1.41 bits per heavy atom. The monoisotopic (exact) mass is 253 g/mol. The summed E-state index contributed by atoms with van der Waals surface area (Å²) in [4.78, 5) is 6.95. The SMILES string of the molecule is CCN(c1ccc(Cl)c(CN)n1)C1CCCC1. The Labute approximate surface area is 108 Å². The molecule has 4 heteroatoms. The summed E-state index contributed by atoms with van der Waals surface area (Å²) < 4.78 is 0. The first-order valence-corrected chi connectivity index (χ1v) is 6.76. The van der Waals surface area contributed by atoms with Crippen LogP contribution in [-0.4, -0.2) is 17.6 Å². The van der Waals surface area contributed by atoms with Crippen LogP contribution in [0.4, 0.5) is 5.82 Å². The zero-order valence-electron chi connectivity index (χ0n) is 10.3. The third-order valence-electron chi connectivity index (χ3n) is 3.50. The number of anilines is 1. The van der Waals surface area contributed by atoms with Crippen molar-refractivity contribution in [2.75, 3.05) is 11.4 Å². The molecule has 1 aromatic heterocycles. The third kappa shape index (κ3) is 2.72. The fraction of sp³-hybridized carbons (Fsp3) is 0.615. The molecule has 1 saturated carbocycles. The van der Waals surface area contributed by atoms with Crippen molar-refractivity contribution in [2.45, 2.75) is 45.2 Å². The predicted molar refractivity (Wildman–Crippen MR) is 72.4 cm³/mol. The highest BCUT2D eigenvalue weighted by Crippen LogP contribution is 2.28. The zero-order valence-corrected chi connectivity index (χ0v) is 11.1. The van der Waals surface area contributed by atoms with Crippen LogP contribution in [0.15, 0.2) is 12.1 Å². The molecule has 1 heterocycles. The summed E-state index contributed by atoms with van der Waals surface area (Å²) in [6, 6.07) is 4.55. The van der Waals surface area contributed by atoms with Crippen molar-refractivity contribution in [1.29, 1.82) is 0 Å². The van der Waals surface area contributed by atoms with Gasteiger partial charge in [0.15, 0.2) is 0 Å². The van der Waals surface area contributed by atoms with Crippen molar-refractivity contribution >= 4 is 17.4 Å². The fourth-order valence-electron chi connectivity index (χ4n) is 2.60. The highest BCUT2D eigenvalue weighted by molar-refractivity contribution is 6.31. The molecular formula is C13H20ClN3. The minimum Gasteiger partial charge on any atom is -0.354 e. The Kier molecular flexibility index (Phi) is 4.24. The second-order valence-corrected chi connectivity index (χ2v) is 4.93. The van der Waals surface area contributed by atoms with E-state index in [4.69, 9.17) is 17.3 Å². The van der Waals surface area contributed by atoms with Crippen molar-refractivity contribution in [3.05, 3.63) is 22.8 Å². The maximum absolute atomic E-state index is 6.04. The Bertz CT molecular complexity index is 375. The van der Waals surface area contributed by atoms with Crippen LogP contribution in [0.5, 0.6) is 0 Å². The first-order chi connectivity index (χ1) is 8.26. The number of pyridine rings is 1. The van der Waals surface area contributed by atoms with Gasteiger partial charge in [-0.25, -0.2) is 4.98 Å². The second-order valence-electron chi connectivity index (χ2n) is 4.53. The molecule has 0 aromatic carbocycles. The maximum atomic E-state index is 6.04. The van der Waals surface area contributed by atoms with Gasteiger partial charge in [0.25, 0.3) is 0 Å². The van der Waals surface area contributed by atoms with E-state index in [2.05, 4.69) is 16.8 Å². The molecule has 2 N–H and O–H groups in total. The third-order valence-corrected chi connectivity index (χ3v) is 3.84. The van der Waals surface area contributed by atoms with Crippen molar-refractivity contribution in [3.63, 3.8) is 0 Å². The molecular weight excluding hydrogens is 234 g/mol. The lowest BCUT2D eigenvalue weighted by Crippen LogP contribution is -2.33. The molecule has 0 aliphatic heterocycles. The van der Waals surface area contributed by atoms with E-state index in [-0.39, 0.29) is 0 Å². The summed E-state index contributed by atoms with van der Waals surface area (Å²) >= 11 is 6.04. The van der Waals surface area contributed by atoms with Gasteiger partial charge in [-0.15, -0.1) is 0 Å². The smallest absolute Gasteiger partial charge is 0.129 e. The van der Waals surface area contributed by atoms with Crippen LogP contribution in [0.1, 0.15) is 38.3 Å². The van der Waals surface area contributed by atoms with Crippen LogP contribution >= 0.6 is 11.6 Å². The summed E-state index contributed by atoms with van der Waals surface area (Å²) in [7, 11) is 0. The lowest BCUT2D eigenvalue weighted by atomic mass is 10.2. The number of aromatic nitrogens is 1. The molecule has 3 nitrogen and oxygen atoms in total. The van der Waals surface area contributed by atoms with Crippen molar-refractivity contribution in [2.24, 2.45) is 5.73 Å². The largest absolute Gasteiger partial charge is 0.354 e. The average Bonchev–Trinajstić information content (AvgIpc) is 2.86. The van der Waals surface area contributed by atoms with E-state index >= 15 is 0 Å². The number of rotatable bonds is 4. The van der Waals surface area contributed by atoms with E-state index in [1.54, 1.807) is 0 Å². The number of halogens is 1. The highest BCUT2D eigenvalue weighted by atomic mass is 35.5. The topological polar surface area (TPSA) is 42.1 Å². The van der Waals surface area contributed by atoms with E-state index < -0.39 is 0 Å².